The minimum absolute atomic E-state index is 0.213. The summed E-state index contributed by atoms with van der Waals surface area (Å²) in [5.41, 5.74) is 1.19. The van der Waals surface area contributed by atoms with Crippen molar-refractivity contribution in [2.75, 3.05) is 19.7 Å². The third-order valence-electron chi connectivity index (χ3n) is 4.66. The Labute approximate surface area is 175 Å². The zero-order valence-corrected chi connectivity index (χ0v) is 17.5. The standard InChI is InChI=1S/C21H24N2O6S/c1-2-28-21(25)29-18-9-7-17(8-10-18)20(24)22-15-16-5-11-19(12-6-16)30(26,27)23-13-3-4-14-23/h5-12H,2-4,13-15H2,1H3,(H,22,24). The van der Waals surface area contributed by atoms with Gasteiger partial charge in [0, 0.05) is 25.2 Å². The van der Waals surface area contributed by atoms with Crippen molar-refractivity contribution in [2.45, 2.75) is 31.2 Å². The maximum absolute atomic E-state index is 12.5. The molecule has 0 atom stereocenters. The van der Waals surface area contributed by atoms with Crippen LogP contribution in [0, 0.1) is 0 Å². The number of hydrogen-bond donors (Lipinski definition) is 1. The normalized spacial score (nSPS) is 14.3. The number of hydrogen-bond acceptors (Lipinski definition) is 6. The van der Waals surface area contributed by atoms with Crippen molar-refractivity contribution in [2.24, 2.45) is 0 Å². The van der Waals surface area contributed by atoms with E-state index in [0.29, 0.717) is 18.7 Å². The van der Waals surface area contributed by atoms with Crippen LogP contribution in [0.15, 0.2) is 53.4 Å². The van der Waals surface area contributed by atoms with E-state index in [9.17, 15) is 18.0 Å². The van der Waals surface area contributed by atoms with Crippen LogP contribution in [0.2, 0.25) is 0 Å². The van der Waals surface area contributed by atoms with Crippen molar-refractivity contribution >= 4 is 22.1 Å². The van der Waals surface area contributed by atoms with Gasteiger partial charge in [0.15, 0.2) is 0 Å². The summed E-state index contributed by atoms with van der Waals surface area (Å²) in [5.74, 6) is -0.0220. The predicted molar refractivity (Wildman–Crippen MR) is 110 cm³/mol. The van der Waals surface area contributed by atoms with Crippen molar-refractivity contribution < 1.29 is 27.5 Å². The topological polar surface area (TPSA) is 102 Å². The van der Waals surface area contributed by atoms with Crippen LogP contribution in [0.25, 0.3) is 0 Å². The van der Waals surface area contributed by atoms with Crippen LogP contribution >= 0.6 is 0 Å². The number of nitrogens with one attached hydrogen (secondary N) is 1. The second-order valence-electron chi connectivity index (χ2n) is 6.75. The van der Waals surface area contributed by atoms with E-state index < -0.39 is 16.2 Å². The number of rotatable bonds is 7. The Morgan fingerprint density at radius 3 is 2.23 bits per heavy atom. The first-order valence-electron chi connectivity index (χ1n) is 9.72. The minimum Gasteiger partial charge on any atom is -0.434 e. The van der Waals surface area contributed by atoms with Gasteiger partial charge in [0.25, 0.3) is 5.91 Å². The summed E-state index contributed by atoms with van der Waals surface area (Å²) in [4.78, 5) is 23.9. The second-order valence-corrected chi connectivity index (χ2v) is 8.69. The maximum Gasteiger partial charge on any atom is 0.513 e. The molecule has 9 heteroatoms. The molecule has 8 nitrogen and oxygen atoms in total. The quantitative estimate of drug-likeness (QED) is 0.533. The number of benzene rings is 2. The Morgan fingerprint density at radius 2 is 1.63 bits per heavy atom. The Kier molecular flexibility index (Phi) is 7.07. The van der Waals surface area contributed by atoms with Crippen molar-refractivity contribution in [1.29, 1.82) is 0 Å². The largest absolute Gasteiger partial charge is 0.513 e. The zero-order chi connectivity index (χ0) is 21.6. The van der Waals surface area contributed by atoms with E-state index in [4.69, 9.17) is 4.74 Å². The molecule has 1 saturated heterocycles. The first-order valence-corrected chi connectivity index (χ1v) is 11.2. The monoisotopic (exact) mass is 432 g/mol. The third-order valence-corrected chi connectivity index (χ3v) is 6.57. The number of carbonyl (C=O) groups is 2. The van der Waals surface area contributed by atoms with E-state index in [0.717, 1.165) is 18.4 Å². The van der Waals surface area contributed by atoms with Gasteiger partial charge in [-0.1, -0.05) is 12.1 Å². The Bertz CT molecular complexity index is 981. The van der Waals surface area contributed by atoms with Gasteiger partial charge in [-0.05, 0) is 61.7 Å². The molecule has 2 aromatic carbocycles. The van der Waals surface area contributed by atoms with Crippen LogP contribution in [-0.4, -0.2) is 44.5 Å². The molecule has 0 aliphatic carbocycles. The number of sulfonamides is 1. The van der Waals surface area contributed by atoms with E-state index >= 15 is 0 Å². The fourth-order valence-corrected chi connectivity index (χ4v) is 4.58. The van der Waals surface area contributed by atoms with Gasteiger partial charge in [0.1, 0.15) is 5.75 Å². The first-order chi connectivity index (χ1) is 14.4. The predicted octanol–water partition coefficient (Wildman–Crippen LogP) is 2.94. The smallest absolute Gasteiger partial charge is 0.434 e. The molecule has 3 rings (SSSR count). The summed E-state index contributed by atoms with van der Waals surface area (Å²) >= 11 is 0. The highest BCUT2D eigenvalue weighted by atomic mass is 32.2. The van der Waals surface area contributed by atoms with Crippen molar-refractivity contribution in [3.8, 4) is 5.75 Å². The van der Waals surface area contributed by atoms with Gasteiger partial charge in [0.2, 0.25) is 10.0 Å². The number of nitrogens with zero attached hydrogens (tertiary/aromatic N) is 1. The van der Waals surface area contributed by atoms with E-state index in [-0.39, 0.29) is 29.7 Å². The van der Waals surface area contributed by atoms with Gasteiger partial charge in [0.05, 0.1) is 11.5 Å². The van der Waals surface area contributed by atoms with Crippen LogP contribution in [0.5, 0.6) is 5.75 Å². The molecule has 0 radical (unpaired) electrons. The zero-order valence-electron chi connectivity index (χ0n) is 16.7. The molecule has 0 aromatic heterocycles. The van der Waals surface area contributed by atoms with Gasteiger partial charge >= 0.3 is 6.16 Å². The van der Waals surface area contributed by atoms with Gasteiger partial charge in [-0.15, -0.1) is 0 Å². The number of carbonyl (C=O) groups excluding carboxylic acids is 2. The summed E-state index contributed by atoms with van der Waals surface area (Å²) in [6.07, 6.45) is 0.975. The molecule has 1 fully saturated rings. The average molecular weight is 432 g/mol. The summed E-state index contributed by atoms with van der Waals surface area (Å²) < 4.78 is 36.2. The van der Waals surface area contributed by atoms with Gasteiger partial charge < -0.3 is 14.8 Å². The lowest BCUT2D eigenvalue weighted by Crippen LogP contribution is -2.28. The molecule has 0 bridgehead atoms. The number of amides is 1. The SMILES string of the molecule is CCOC(=O)Oc1ccc(C(=O)NCc2ccc(S(=O)(=O)N3CCCC3)cc2)cc1. The van der Waals surface area contributed by atoms with E-state index in [1.54, 1.807) is 31.2 Å². The highest BCUT2D eigenvalue weighted by Gasteiger charge is 2.26. The summed E-state index contributed by atoms with van der Waals surface area (Å²) in [5, 5.41) is 2.78. The molecule has 1 N–H and O–H groups in total. The highest BCUT2D eigenvalue weighted by Crippen LogP contribution is 2.21. The first kappa shape index (κ1) is 21.8. The third kappa shape index (κ3) is 5.37. The molecule has 0 spiro atoms. The second kappa shape index (κ2) is 9.73. The lowest BCUT2D eigenvalue weighted by atomic mass is 10.2. The molecular weight excluding hydrogens is 408 g/mol. The molecule has 1 aliphatic rings. The van der Waals surface area contributed by atoms with Crippen LogP contribution < -0.4 is 10.1 Å². The van der Waals surface area contributed by atoms with E-state index in [1.165, 1.54) is 28.6 Å². The van der Waals surface area contributed by atoms with Gasteiger partial charge in [-0.25, -0.2) is 13.2 Å². The molecule has 1 aliphatic heterocycles. The van der Waals surface area contributed by atoms with Crippen LogP contribution in [0.4, 0.5) is 4.79 Å². The molecule has 1 amide bonds. The van der Waals surface area contributed by atoms with Gasteiger partial charge in [-0.3, -0.25) is 4.79 Å². The number of ether oxygens (including phenoxy) is 2. The van der Waals surface area contributed by atoms with Crippen molar-refractivity contribution in [1.82, 2.24) is 9.62 Å². The highest BCUT2D eigenvalue weighted by molar-refractivity contribution is 7.89. The lowest BCUT2D eigenvalue weighted by molar-refractivity contribution is 0.0951. The average Bonchev–Trinajstić information content (AvgIpc) is 3.29. The van der Waals surface area contributed by atoms with Crippen molar-refractivity contribution in [3.05, 3.63) is 59.7 Å². The molecule has 0 unspecified atom stereocenters. The summed E-state index contributed by atoms with van der Waals surface area (Å²) in [6.45, 7) is 3.26. The molecule has 160 valence electrons. The fourth-order valence-electron chi connectivity index (χ4n) is 3.06. The minimum atomic E-state index is -3.45. The molecule has 30 heavy (non-hydrogen) atoms. The van der Waals surface area contributed by atoms with Crippen LogP contribution in [-0.2, 0) is 21.3 Å². The summed E-state index contributed by atoms with van der Waals surface area (Å²) in [6, 6.07) is 12.6. The molecule has 2 aromatic rings. The fraction of sp³-hybridized carbons (Fsp3) is 0.333. The Hall–Kier alpha value is -2.91. The maximum atomic E-state index is 12.5. The van der Waals surface area contributed by atoms with Crippen LogP contribution in [0.3, 0.4) is 0 Å². The van der Waals surface area contributed by atoms with Crippen molar-refractivity contribution in [3.63, 3.8) is 0 Å². The Balaban J connectivity index is 1.55. The van der Waals surface area contributed by atoms with E-state index in [1.807, 2.05) is 0 Å². The van der Waals surface area contributed by atoms with Crippen LogP contribution in [0.1, 0.15) is 35.7 Å². The Morgan fingerprint density at radius 1 is 1.00 bits per heavy atom. The van der Waals surface area contributed by atoms with E-state index in [2.05, 4.69) is 10.1 Å². The van der Waals surface area contributed by atoms with Gasteiger partial charge in [-0.2, -0.15) is 4.31 Å². The molecule has 1 heterocycles. The molecule has 0 saturated carbocycles. The summed E-state index contributed by atoms with van der Waals surface area (Å²) in [7, 11) is -3.45. The lowest BCUT2D eigenvalue weighted by Gasteiger charge is -2.15. The molecular formula is C21H24N2O6S.